The molecule has 0 atom stereocenters. The highest BCUT2D eigenvalue weighted by molar-refractivity contribution is 5.43. The first kappa shape index (κ1) is 19.3. The number of ether oxygens (including phenoxy) is 2. The molecule has 25 heavy (non-hydrogen) atoms. The van der Waals surface area contributed by atoms with Gasteiger partial charge in [-0.1, -0.05) is 62.6 Å². The molecule has 3 nitrogen and oxygen atoms in total. The van der Waals surface area contributed by atoms with Gasteiger partial charge in [0.15, 0.2) is 11.5 Å². The number of unbranched alkanes of at least 4 members (excludes halogenated alkanes) is 3. The van der Waals surface area contributed by atoms with E-state index >= 15 is 0 Å². The summed E-state index contributed by atoms with van der Waals surface area (Å²) < 4.78 is 11.4. The van der Waals surface area contributed by atoms with Crippen LogP contribution in [0.3, 0.4) is 0 Å². The van der Waals surface area contributed by atoms with Gasteiger partial charge in [0.1, 0.15) is 0 Å². The normalized spacial score (nSPS) is 10.6. The fourth-order valence-corrected chi connectivity index (χ4v) is 2.77. The van der Waals surface area contributed by atoms with E-state index in [0.29, 0.717) is 6.61 Å². The second kappa shape index (κ2) is 11.5. The van der Waals surface area contributed by atoms with E-state index in [0.717, 1.165) is 31.0 Å². The first-order valence-electron chi connectivity index (χ1n) is 9.38. The van der Waals surface area contributed by atoms with Gasteiger partial charge in [-0.05, 0) is 36.2 Å². The van der Waals surface area contributed by atoms with Crippen LogP contribution >= 0.6 is 0 Å². The number of methoxy groups -OCH3 is 1. The van der Waals surface area contributed by atoms with Crippen molar-refractivity contribution in [2.45, 2.75) is 45.6 Å². The molecule has 0 aliphatic rings. The number of rotatable bonds is 12. The highest BCUT2D eigenvalue weighted by Gasteiger charge is 2.06. The lowest BCUT2D eigenvalue weighted by molar-refractivity contribution is 0.297. The highest BCUT2D eigenvalue weighted by atomic mass is 16.5. The topological polar surface area (TPSA) is 30.5 Å². The Balaban J connectivity index is 1.78. The van der Waals surface area contributed by atoms with Gasteiger partial charge in [-0.25, -0.2) is 0 Å². The van der Waals surface area contributed by atoms with E-state index in [4.69, 9.17) is 9.47 Å². The second-order valence-electron chi connectivity index (χ2n) is 6.31. The molecule has 0 saturated carbocycles. The molecule has 2 rings (SSSR count). The standard InChI is InChI=1S/C22H31NO2/c1-3-4-5-9-15-23-18-20-12-13-21(22(17-20)24-2)25-16-14-19-10-7-6-8-11-19/h6-8,10-13,17,23H,3-5,9,14-16,18H2,1-2H3. The van der Waals surface area contributed by atoms with Crippen molar-refractivity contribution in [2.75, 3.05) is 20.3 Å². The molecule has 3 heteroatoms. The van der Waals surface area contributed by atoms with E-state index in [1.165, 1.54) is 36.8 Å². The van der Waals surface area contributed by atoms with Gasteiger partial charge in [0.2, 0.25) is 0 Å². The molecule has 0 bridgehead atoms. The minimum atomic E-state index is 0.648. The quantitative estimate of drug-likeness (QED) is 0.552. The first-order valence-corrected chi connectivity index (χ1v) is 9.38. The fourth-order valence-electron chi connectivity index (χ4n) is 2.77. The Bertz CT molecular complexity index is 598. The summed E-state index contributed by atoms with van der Waals surface area (Å²) in [4.78, 5) is 0. The molecule has 0 unspecified atom stereocenters. The maximum atomic E-state index is 5.91. The summed E-state index contributed by atoms with van der Waals surface area (Å²) in [5, 5.41) is 3.50. The molecule has 0 saturated heterocycles. The highest BCUT2D eigenvalue weighted by Crippen LogP contribution is 2.28. The van der Waals surface area contributed by atoms with Crippen molar-refractivity contribution >= 4 is 0 Å². The number of nitrogens with one attached hydrogen (secondary N) is 1. The zero-order valence-corrected chi connectivity index (χ0v) is 15.6. The van der Waals surface area contributed by atoms with Gasteiger partial charge in [-0.3, -0.25) is 0 Å². The maximum Gasteiger partial charge on any atom is 0.161 e. The largest absolute Gasteiger partial charge is 0.493 e. The molecule has 0 aliphatic heterocycles. The Morgan fingerprint density at radius 3 is 2.48 bits per heavy atom. The molecule has 0 spiro atoms. The molecule has 0 aliphatic carbocycles. The molecular weight excluding hydrogens is 310 g/mol. The predicted molar refractivity (Wildman–Crippen MR) is 104 cm³/mol. The van der Waals surface area contributed by atoms with E-state index < -0.39 is 0 Å². The molecule has 0 fully saturated rings. The average molecular weight is 341 g/mol. The van der Waals surface area contributed by atoms with Gasteiger partial charge < -0.3 is 14.8 Å². The van der Waals surface area contributed by atoms with Crippen LogP contribution in [0.15, 0.2) is 48.5 Å². The van der Waals surface area contributed by atoms with Crippen LogP contribution in [0.2, 0.25) is 0 Å². The van der Waals surface area contributed by atoms with Gasteiger partial charge in [0.05, 0.1) is 13.7 Å². The lowest BCUT2D eigenvalue weighted by atomic mass is 10.1. The fraction of sp³-hybridized carbons (Fsp3) is 0.455. The Morgan fingerprint density at radius 2 is 1.72 bits per heavy atom. The van der Waals surface area contributed by atoms with Crippen LogP contribution in [-0.2, 0) is 13.0 Å². The Kier molecular flexibility index (Phi) is 8.92. The van der Waals surface area contributed by atoms with Crippen LogP contribution < -0.4 is 14.8 Å². The summed E-state index contributed by atoms with van der Waals surface area (Å²) in [7, 11) is 1.70. The van der Waals surface area contributed by atoms with Crippen molar-refractivity contribution in [1.82, 2.24) is 5.32 Å². The minimum absolute atomic E-state index is 0.648. The summed E-state index contributed by atoms with van der Waals surface area (Å²) in [6.45, 7) is 4.82. The van der Waals surface area contributed by atoms with Crippen LogP contribution in [0, 0.1) is 0 Å². The van der Waals surface area contributed by atoms with Crippen LogP contribution in [0.1, 0.15) is 43.7 Å². The number of hydrogen-bond acceptors (Lipinski definition) is 3. The van der Waals surface area contributed by atoms with E-state index in [2.05, 4.69) is 48.6 Å². The van der Waals surface area contributed by atoms with Crippen molar-refractivity contribution in [2.24, 2.45) is 0 Å². The maximum absolute atomic E-state index is 5.91. The smallest absolute Gasteiger partial charge is 0.161 e. The van der Waals surface area contributed by atoms with Gasteiger partial charge in [-0.2, -0.15) is 0 Å². The van der Waals surface area contributed by atoms with Crippen LogP contribution in [0.4, 0.5) is 0 Å². The van der Waals surface area contributed by atoms with Crippen molar-refractivity contribution in [3.63, 3.8) is 0 Å². The van der Waals surface area contributed by atoms with Gasteiger partial charge in [-0.15, -0.1) is 0 Å². The Morgan fingerprint density at radius 1 is 0.880 bits per heavy atom. The third-order valence-electron chi connectivity index (χ3n) is 4.26. The summed E-state index contributed by atoms with van der Waals surface area (Å²) in [5.41, 5.74) is 2.51. The van der Waals surface area contributed by atoms with Crippen LogP contribution in [-0.4, -0.2) is 20.3 Å². The van der Waals surface area contributed by atoms with Gasteiger partial charge in [0, 0.05) is 13.0 Å². The van der Waals surface area contributed by atoms with Gasteiger partial charge in [0.25, 0.3) is 0 Å². The lowest BCUT2D eigenvalue weighted by Crippen LogP contribution is -2.14. The number of hydrogen-bond donors (Lipinski definition) is 1. The van der Waals surface area contributed by atoms with E-state index in [-0.39, 0.29) is 0 Å². The molecular formula is C22H31NO2. The van der Waals surface area contributed by atoms with Crippen LogP contribution in [0.5, 0.6) is 11.5 Å². The molecule has 2 aromatic carbocycles. The zero-order valence-electron chi connectivity index (χ0n) is 15.6. The van der Waals surface area contributed by atoms with Gasteiger partial charge >= 0.3 is 0 Å². The lowest BCUT2D eigenvalue weighted by Gasteiger charge is -2.13. The summed E-state index contributed by atoms with van der Waals surface area (Å²) in [6.07, 6.45) is 6.05. The number of benzene rings is 2. The average Bonchev–Trinajstić information content (AvgIpc) is 2.66. The van der Waals surface area contributed by atoms with Crippen molar-refractivity contribution in [1.29, 1.82) is 0 Å². The van der Waals surface area contributed by atoms with Crippen molar-refractivity contribution in [3.05, 3.63) is 59.7 Å². The Hall–Kier alpha value is -2.00. The molecule has 2 aromatic rings. The summed E-state index contributed by atoms with van der Waals surface area (Å²) >= 11 is 0. The molecule has 0 aromatic heterocycles. The molecule has 0 radical (unpaired) electrons. The second-order valence-corrected chi connectivity index (χ2v) is 6.31. The van der Waals surface area contributed by atoms with Crippen molar-refractivity contribution < 1.29 is 9.47 Å². The summed E-state index contributed by atoms with van der Waals surface area (Å²) in [5.74, 6) is 1.61. The minimum Gasteiger partial charge on any atom is -0.493 e. The molecule has 0 amide bonds. The zero-order chi connectivity index (χ0) is 17.7. The SMILES string of the molecule is CCCCCCNCc1ccc(OCCc2ccccc2)c(OC)c1. The van der Waals surface area contributed by atoms with E-state index in [9.17, 15) is 0 Å². The van der Waals surface area contributed by atoms with E-state index in [1.54, 1.807) is 7.11 Å². The van der Waals surface area contributed by atoms with Crippen LogP contribution in [0.25, 0.3) is 0 Å². The summed E-state index contributed by atoms with van der Waals surface area (Å²) in [6, 6.07) is 16.6. The third-order valence-corrected chi connectivity index (χ3v) is 4.26. The monoisotopic (exact) mass is 341 g/mol. The molecule has 136 valence electrons. The predicted octanol–water partition coefficient (Wildman–Crippen LogP) is 4.99. The van der Waals surface area contributed by atoms with Crippen molar-refractivity contribution in [3.8, 4) is 11.5 Å². The van der Waals surface area contributed by atoms with E-state index in [1.807, 2.05) is 12.1 Å². The molecule has 1 N–H and O–H groups in total. The first-order chi connectivity index (χ1) is 12.3. The molecule has 0 heterocycles. The third kappa shape index (κ3) is 7.18. The Labute approximate surface area is 152 Å².